The van der Waals surface area contributed by atoms with E-state index in [1.165, 1.54) is 0 Å². The minimum atomic E-state index is -4.31. The van der Waals surface area contributed by atoms with Crippen molar-refractivity contribution in [2.45, 2.75) is 11.3 Å². The summed E-state index contributed by atoms with van der Waals surface area (Å²) in [6.07, 6.45) is -2.81. The van der Waals surface area contributed by atoms with Crippen LogP contribution < -0.4 is 5.32 Å². The zero-order valence-electron chi connectivity index (χ0n) is 9.55. The Bertz CT molecular complexity index is 650. The fraction of sp³-hybridized carbons (Fsp3) is 0.222. The van der Waals surface area contributed by atoms with Crippen LogP contribution in [0.15, 0.2) is 23.1 Å². The van der Waals surface area contributed by atoms with E-state index in [1.807, 2.05) is 0 Å². The van der Waals surface area contributed by atoms with E-state index in [1.54, 1.807) is 5.32 Å². The van der Waals surface area contributed by atoms with Gasteiger partial charge in [-0.05, 0) is 6.07 Å². The molecular weight excluding hydrogens is 322 g/mol. The second kappa shape index (κ2) is 6.09. The van der Waals surface area contributed by atoms with Crippen LogP contribution in [0.2, 0.25) is 0 Å². The molecule has 0 aliphatic rings. The lowest BCUT2D eigenvalue weighted by Gasteiger charge is -2.05. The maximum absolute atomic E-state index is 11.9. The van der Waals surface area contributed by atoms with Crippen LogP contribution in [0.5, 0.6) is 0 Å². The zero-order chi connectivity index (χ0) is 15.5. The van der Waals surface area contributed by atoms with Crippen LogP contribution in [-0.4, -0.2) is 32.2 Å². The number of alkyl halides is 2. The summed E-state index contributed by atoms with van der Waals surface area (Å²) in [6.45, 7) is -0.968. The first-order chi connectivity index (χ1) is 9.11. The van der Waals surface area contributed by atoms with Gasteiger partial charge in [0.1, 0.15) is 0 Å². The summed E-state index contributed by atoms with van der Waals surface area (Å²) in [4.78, 5) is 20.5. The Morgan fingerprint density at radius 1 is 1.40 bits per heavy atom. The van der Waals surface area contributed by atoms with E-state index in [0.29, 0.717) is 6.07 Å². The highest BCUT2D eigenvalue weighted by molar-refractivity contribution is 8.13. The molecule has 1 aromatic carbocycles. The lowest BCUT2D eigenvalue weighted by atomic mass is 10.2. The molecule has 0 saturated carbocycles. The van der Waals surface area contributed by atoms with Gasteiger partial charge in [-0.2, -0.15) is 0 Å². The first kappa shape index (κ1) is 16.2. The predicted octanol–water partition coefficient (Wildman–Crippen LogP) is 1.52. The number of hydrogen-bond acceptors (Lipinski definition) is 5. The fourth-order valence-electron chi connectivity index (χ4n) is 1.23. The fourth-order valence-corrected chi connectivity index (χ4v) is 2.03. The molecule has 0 aliphatic heterocycles. The van der Waals surface area contributed by atoms with Crippen LogP contribution in [0.3, 0.4) is 0 Å². The van der Waals surface area contributed by atoms with Gasteiger partial charge in [-0.15, -0.1) is 0 Å². The average Bonchev–Trinajstić information content (AvgIpc) is 2.34. The van der Waals surface area contributed by atoms with Crippen molar-refractivity contribution in [3.63, 3.8) is 0 Å². The van der Waals surface area contributed by atoms with Crippen LogP contribution in [0, 0.1) is 10.1 Å². The number of carbonyl (C=O) groups excluding carboxylic acids is 1. The summed E-state index contributed by atoms with van der Waals surface area (Å²) < 4.78 is 46.2. The number of nitro benzene ring substituents is 1. The molecule has 11 heteroatoms. The quantitative estimate of drug-likeness (QED) is 0.501. The lowest BCUT2D eigenvalue weighted by molar-refractivity contribution is -0.385. The van der Waals surface area contributed by atoms with Crippen LogP contribution >= 0.6 is 10.7 Å². The van der Waals surface area contributed by atoms with Gasteiger partial charge in [-0.1, -0.05) is 0 Å². The molecule has 0 bridgehead atoms. The molecule has 1 aromatic rings. The van der Waals surface area contributed by atoms with Crippen LogP contribution in [0.1, 0.15) is 10.4 Å². The molecule has 0 spiro atoms. The van der Waals surface area contributed by atoms with E-state index < -0.39 is 49.0 Å². The predicted molar refractivity (Wildman–Crippen MR) is 64.5 cm³/mol. The number of carbonyl (C=O) groups is 1. The average molecular weight is 329 g/mol. The number of halogens is 3. The van der Waals surface area contributed by atoms with Gasteiger partial charge in [-0.25, -0.2) is 17.2 Å². The summed E-state index contributed by atoms with van der Waals surface area (Å²) in [5.41, 5.74) is -1.16. The van der Waals surface area contributed by atoms with Crippen molar-refractivity contribution in [1.29, 1.82) is 0 Å². The van der Waals surface area contributed by atoms with Gasteiger partial charge >= 0.3 is 0 Å². The second-order valence-corrected chi connectivity index (χ2v) is 6.08. The van der Waals surface area contributed by atoms with Gasteiger partial charge in [0, 0.05) is 28.4 Å². The standard InChI is InChI=1S/C9H7ClF2N2O5S/c10-20(18,19)7-2-5(1-6(3-7)14(16)17)9(15)13-4-8(11)12/h1-3,8H,4H2,(H,13,15). The number of nitro groups is 1. The van der Waals surface area contributed by atoms with E-state index in [4.69, 9.17) is 10.7 Å². The molecule has 0 aromatic heterocycles. The van der Waals surface area contributed by atoms with E-state index in [0.717, 1.165) is 12.1 Å². The molecule has 0 unspecified atom stereocenters. The topological polar surface area (TPSA) is 106 Å². The SMILES string of the molecule is O=C(NCC(F)F)c1cc([N+](=O)[O-])cc(S(=O)(=O)Cl)c1. The number of rotatable bonds is 5. The monoisotopic (exact) mass is 328 g/mol. The molecule has 110 valence electrons. The van der Waals surface area contributed by atoms with Crippen molar-refractivity contribution in [3.8, 4) is 0 Å². The number of nitrogens with one attached hydrogen (secondary N) is 1. The summed E-state index contributed by atoms with van der Waals surface area (Å²) in [5, 5.41) is 12.4. The van der Waals surface area contributed by atoms with E-state index in [2.05, 4.69) is 0 Å². The van der Waals surface area contributed by atoms with Crippen molar-refractivity contribution >= 4 is 31.3 Å². The Balaban J connectivity index is 3.22. The molecule has 1 N–H and O–H groups in total. The van der Waals surface area contributed by atoms with Gasteiger partial charge in [0.2, 0.25) is 0 Å². The van der Waals surface area contributed by atoms with Crippen LogP contribution in [0.4, 0.5) is 14.5 Å². The molecule has 1 rings (SSSR count). The Morgan fingerprint density at radius 2 is 2.00 bits per heavy atom. The lowest BCUT2D eigenvalue weighted by Crippen LogP contribution is -2.28. The van der Waals surface area contributed by atoms with Crippen LogP contribution in [-0.2, 0) is 9.05 Å². The van der Waals surface area contributed by atoms with Crippen molar-refractivity contribution in [3.05, 3.63) is 33.9 Å². The van der Waals surface area contributed by atoms with Gasteiger partial charge in [0.25, 0.3) is 27.1 Å². The second-order valence-electron chi connectivity index (χ2n) is 3.51. The molecule has 0 aliphatic carbocycles. The van der Waals surface area contributed by atoms with Gasteiger partial charge in [-0.3, -0.25) is 14.9 Å². The highest BCUT2D eigenvalue weighted by Gasteiger charge is 2.20. The van der Waals surface area contributed by atoms with Gasteiger partial charge in [0.05, 0.1) is 16.4 Å². The summed E-state index contributed by atoms with van der Waals surface area (Å²) in [7, 11) is 0.731. The number of benzene rings is 1. The van der Waals surface area contributed by atoms with Crippen LogP contribution in [0.25, 0.3) is 0 Å². The highest BCUT2D eigenvalue weighted by atomic mass is 35.7. The third kappa shape index (κ3) is 4.38. The minimum absolute atomic E-state index is 0.459. The number of hydrogen-bond donors (Lipinski definition) is 1. The van der Waals surface area contributed by atoms with Crippen molar-refractivity contribution in [1.82, 2.24) is 5.32 Å². The minimum Gasteiger partial charge on any atom is -0.346 e. The number of non-ortho nitro benzene ring substituents is 1. The molecule has 0 atom stereocenters. The highest BCUT2D eigenvalue weighted by Crippen LogP contribution is 2.23. The molecular formula is C9H7ClF2N2O5S. The largest absolute Gasteiger partial charge is 0.346 e. The van der Waals surface area contributed by atoms with Gasteiger partial charge < -0.3 is 5.32 Å². The van der Waals surface area contributed by atoms with E-state index in [9.17, 15) is 32.1 Å². The zero-order valence-corrected chi connectivity index (χ0v) is 11.1. The van der Waals surface area contributed by atoms with Crippen molar-refractivity contribution < 1.29 is 26.9 Å². The summed E-state index contributed by atoms with van der Waals surface area (Å²) in [6, 6.07) is 2.18. The first-order valence-corrected chi connectivity index (χ1v) is 7.22. The Hall–Kier alpha value is -1.81. The maximum atomic E-state index is 11.9. The summed E-state index contributed by atoms with van der Waals surface area (Å²) in [5.74, 6) is -1.07. The summed E-state index contributed by atoms with van der Waals surface area (Å²) >= 11 is 0. The molecule has 0 radical (unpaired) electrons. The normalized spacial score (nSPS) is 11.4. The number of nitrogens with zero attached hydrogens (tertiary/aromatic N) is 1. The molecule has 1 amide bonds. The maximum Gasteiger partial charge on any atom is 0.271 e. The Kier molecular flexibility index (Phi) is 4.95. The number of amides is 1. The third-order valence-corrected chi connectivity index (χ3v) is 3.40. The van der Waals surface area contributed by atoms with Crippen molar-refractivity contribution in [2.24, 2.45) is 0 Å². The molecule has 0 fully saturated rings. The Labute approximate surface area is 116 Å². The molecule has 7 nitrogen and oxygen atoms in total. The van der Waals surface area contributed by atoms with E-state index >= 15 is 0 Å². The molecule has 0 saturated heterocycles. The Morgan fingerprint density at radius 3 is 2.45 bits per heavy atom. The van der Waals surface area contributed by atoms with Gasteiger partial charge in [0.15, 0.2) is 0 Å². The molecule has 0 heterocycles. The smallest absolute Gasteiger partial charge is 0.271 e. The van der Waals surface area contributed by atoms with E-state index in [-0.39, 0.29) is 0 Å². The molecule has 20 heavy (non-hydrogen) atoms. The first-order valence-electron chi connectivity index (χ1n) is 4.91. The van der Waals surface area contributed by atoms with Crippen molar-refractivity contribution in [2.75, 3.05) is 6.54 Å². The third-order valence-electron chi connectivity index (χ3n) is 2.06.